The average molecular weight is 498 g/mol. The predicted octanol–water partition coefficient (Wildman–Crippen LogP) is 3.41. The van der Waals surface area contributed by atoms with Crippen molar-refractivity contribution in [1.29, 1.82) is 0 Å². The fraction of sp³-hybridized carbons (Fsp3) is 0.320. The first-order valence-corrected chi connectivity index (χ1v) is 12.9. The van der Waals surface area contributed by atoms with Gasteiger partial charge in [-0.3, -0.25) is 9.36 Å². The summed E-state index contributed by atoms with van der Waals surface area (Å²) in [6, 6.07) is 8.66. The zero-order valence-electron chi connectivity index (χ0n) is 19.6. The summed E-state index contributed by atoms with van der Waals surface area (Å²) in [6.45, 7) is 9.54. The molecule has 9 heteroatoms. The SMILES string of the molecule is CCOC(=O)C1=C(C)N=c2sc(=Cc3ccc(N(CC)CC)cc3O)c(=O)n2C1c1cccs1. The number of nitrogens with zero attached hydrogens (tertiary/aromatic N) is 3. The van der Waals surface area contributed by atoms with Gasteiger partial charge in [-0.25, -0.2) is 9.79 Å². The van der Waals surface area contributed by atoms with E-state index >= 15 is 0 Å². The summed E-state index contributed by atoms with van der Waals surface area (Å²) in [4.78, 5) is 34.5. The molecule has 1 atom stereocenters. The Kier molecular flexibility index (Phi) is 7.04. The van der Waals surface area contributed by atoms with E-state index in [2.05, 4.69) is 23.7 Å². The number of fused-ring (bicyclic) bond motifs is 1. The van der Waals surface area contributed by atoms with Gasteiger partial charge in [-0.05, 0) is 57.4 Å². The van der Waals surface area contributed by atoms with E-state index in [-0.39, 0.29) is 17.9 Å². The summed E-state index contributed by atoms with van der Waals surface area (Å²) in [5.74, 6) is -0.366. The molecule has 0 saturated carbocycles. The number of rotatable bonds is 7. The van der Waals surface area contributed by atoms with E-state index in [9.17, 15) is 14.7 Å². The van der Waals surface area contributed by atoms with Gasteiger partial charge in [-0.1, -0.05) is 17.4 Å². The molecule has 3 aromatic rings. The number of thiazole rings is 1. The highest BCUT2D eigenvalue weighted by atomic mass is 32.1. The topological polar surface area (TPSA) is 84.1 Å². The summed E-state index contributed by atoms with van der Waals surface area (Å²) in [6.07, 6.45) is 1.68. The molecular formula is C25H27N3O4S2. The van der Waals surface area contributed by atoms with Crippen molar-refractivity contribution in [3.63, 3.8) is 0 Å². The van der Waals surface area contributed by atoms with Gasteiger partial charge in [0.05, 0.1) is 22.4 Å². The largest absolute Gasteiger partial charge is 0.507 e. The Labute approximate surface area is 205 Å². The molecule has 2 aromatic heterocycles. The zero-order valence-corrected chi connectivity index (χ0v) is 21.2. The van der Waals surface area contributed by atoms with Crippen molar-refractivity contribution in [2.24, 2.45) is 4.99 Å². The van der Waals surface area contributed by atoms with Crippen LogP contribution in [0, 0.1) is 0 Å². The molecular weight excluding hydrogens is 470 g/mol. The number of aromatic hydroxyl groups is 1. The summed E-state index contributed by atoms with van der Waals surface area (Å²) in [7, 11) is 0. The van der Waals surface area contributed by atoms with Crippen LogP contribution >= 0.6 is 22.7 Å². The smallest absolute Gasteiger partial charge is 0.338 e. The molecule has 0 saturated heterocycles. The van der Waals surface area contributed by atoms with Crippen LogP contribution in [-0.4, -0.2) is 35.3 Å². The van der Waals surface area contributed by atoms with Gasteiger partial charge in [-0.2, -0.15) is 0 Å². The van der Waals surface area contributed by atoms with Gasteiger partial charge in [0.25, 0.3) is 5.56 Å². The number of hydrogen-bond acceptors (Lipinski definition) is 8. The lowest BCUT2D eigenvalue weighted by Crippen LogP contribution is -2.39. The third-order valence-electron chi connectivity index (χ3n) is 5.76. The van der Waals surface area contributed by atoms with Crippen LogP contribution in [0.5, 0.6) is 5.75 Å². The highest BCUT2D eigenvalue weighted by molar-refractivity contribution is 7.10. The Hall–Kier alpha value is -3.17. The lowest BCUT2D eigenvalue weighted by molar-refractivity contribution is -0.139. The third-order valence-corrected chi connectivity index (χ3v) is 7.67. The quantitative estimate of drug-likeness (QED) is 0.506. The van der Waals surface area contributed by atoms with Crippen LogP contribution < -0.4 is 19.8 Å². The molecule has 1 N–H and O–H groups in total. The van der Waals surface area contributed by atoms with Crippen molar-refractivity contribution in [3.05, 3.63) is 77.1 Å². The summed E-state index contributed by atoms with van der Waals surface area (Å²) < 4.78 is 7.29. The number of anilines is 1. The first kappa shape index (κ1) is 24.0. The molecule has 1 aliphatic heterocycles. The molecule has 0 radical (unpaired) electrons. The van der Waals surface area contributed by atoms with E-state index in [1.54, 1.807) is 30.6 Å². The molecule has 3 heterocycles. The molecule has 0 amide bonds. The minimum atomic E-state index is -0.601. The van der Waals surface area contributed by atoms with Gasteiger partial charge in [-0.15, -0.1) is 11.3 Å². The number of hydrogen-bond donors (Lipinski definition) is 1. The monoisotopic (exact) mass is 497 g/mol. The first-order valence-electron chi connectivity index (χ1n) is 11.2. The Bertz CT molecular complexity index is 1410. The van der Waals surface area contributed by atoms with Gasteiger partial charge in [0.1, 0.15) is 11.8 Å². The van der Waals surface area contributed by atoms with Crippen LogP contribution in [0.2, 0.25) is 0 Å². The maximum Gasteiger partial charge on any atom is 0.338 e. The molecule has 0 fully saturated rings. The number of thiophene rings is 1. The molecule has 0 aliphatic carbocycles. The number of esters is 1. The summed E-state index contributed by atoms with van der Waals surface area (Å²) in [5.41, 5.74) is 2.12. The molecule has 1 unspecified atom stereocenters. The second kappa shape index (κ2) is 9.99. The van der Waals surface area contributed by atoms with Crippen molar-refractivity contribution < 1.29 is 14.6 Å². The van der Waals surface area contributed by atoms with Crippen LogP contribution in [-0.2, 0) is 9.53 Å². The minimum Gasteiger partial charge on any atom is -0.507 e. The molecule has 1 aliphatic rings. The molecule has 4 rings (SSSR count). The molecule has 0 bridgehead atoms. The van der Waals surface area contributed by atoms with Gasteiger partial charge < -0.3 is 14.7 Å². The van der Waals surface area contributed by atoms with Crippen LogP contribution in [0.3, 0.4) is 0 Å². The fourth-order valence-corrected chi connectivity index (χ4v) is 5.95. The van der Waals surface area contributed by atoms with E-state index in [1.807, 2.05) is 29.6 Å². The van der Waals surface area contributed by atoms with Crippen molar-refractivity contribution in [3.8, 4) is 5.75 Å². The van der Waals surface area contributed by atoms with Crippen molar-refractivity contribution in [2.75, 3.05) is 24.6 Å². The van der Waals surface area contributed by atoms with E-state index < -0.39 is 12.0 Å². The van der Waals surface area contributed by atoms with Crippen molar-refractivity contribution >= 4 is 40.4 Å². The third kappa shape index (κ3) is 4.33. The lowest BCUT2D eigenvalue weighted by Gasteiger charge is -2.23. The molecule has 1 aromatic carbocycles. The number of carbonyl (C=O) groups excluding carboxylic acids is 1. The number of ether oxygens (including phenoxy) is 1. The van der Waals surface area contributed by atoms with Crippen LogP contribution in [0.15, 0.2) is 56.8 Å². The second-order valence-electron chi connectivity index (χ2n) is 7.73. The van der Waals surface area contributed by atoms with Crippen molar-refractivity contribution in [2.45, 2.75) is 33.7 Å². The number of allylic oxidation sites excluding steroid dienone is 1. The second-order valence-corrected chi connectivity index (χ2v) is 9.72. The Morgan fingerprint density at radius 1 is 1.26 bits per heavy atom. The number of phenols is 1. The Morgan fingerprint density at radius 3 is 2.65 bits per heavy atom. The minimum absolute atomic E-state index is 0.105. The standard InChI is InChI=1S/C25H27N3O4S2/c1-5-27(6-2)17-11-10-16(18(29)14-17)13-20-23(30)28-22(19-9-8-12-33-19)21(24(31)32-7-3)15(4)26-25(28)34-20/h8-14,22,29H,5-7H2,1-4H3. The molecule has 178 valence electrons. The van der Waals surface area contributed by atoms with Crippen LogP contribution in [0.4, 0.5) is 5.69 Å². The zero-order chi connectivity index (χ0) is 24.4. The van der Waals surface area contributed by atoms with E-state index in [4.69, 9.17) is 4.74 Å². The maximum absolute atomic E-state index is 13.6. The van der Waals surface area contributed by atoms with Crippen LogP contribution in [0.1, 0.15) is 44.2 Å². The molecule has 34 heavy (non-hydrogen) atoms. The Balaban J connectivity index is 1.86. The summed E-state index contributed by atoms with van der Waals surface area (Å²) in [5, 5.41) is 12.6. The normalized spacial score (nSPS) is 15.8. The number of aromatic nitrogens is 1. The van der Waals surface area contributed by atoms with E-state index in [0.717, 1.165) is 23.7 Å². The summed E-state index contributed by atoms with van der Waals surface area (Å²) >= 11 is 2.72. The number of benzene rings is 1. The van der Waals surface area contributed by atoms with Gasteiger partial charge in [0.2, 0.25) is 0 Å². The van der Waals surface area contributed by atoms with Crippen molar-refractivity contribution in [1.82, 2.24) is 4.57 Å². The van der Waals surface area contributed by atoms with Crippen LogP contribution in [0.25, 0.3) is 6.08 Å². The molecule has 0 spiro atoms. The maximum atomic E-state index is 13.6. The predicted molar refractivity (Wildman–Crippen MR) is 136 cm³/mol. The lowest BCUT2D eigenvalue weighted by atomic mass is 10.0. The van der Waals surface area contributed by atoms with Gasteiger partial charge in [0, 0.05) is 35.3 Å². The fourth-order valence-electron chi connectivity index (χ4n) is 4.09. The first-order chi connectivity index (χ1) is 16.4. The average Bonchev–Trinajstić information content (AvgIpc) is 3.44. The number of carbonyl (C=O) groups is 1. The van der Waals surface area contributed by atoms with Gasteiger partial charge in [0.15, 0.2) is 4.80 Å². The van der Waals surface area contributed by atoms with E-state index in [0.29, 0.717) is 26.2 Å². The highest BCUT2D eigenvalue weighted by Gasteiger charge is 2.33. The molecule has 7 nitrogen and oxygen atoms in total. The van der Waals surface area contributed by atoms with E-state index in [1.165, 1.54) is 22.7 Å². The highest BCUT2D eigenvalue weighted by Crippen LogP contribution is 2.33. The number of phenolic OH excluding ortho intramolecular Hbond substituents is 1. The van der Waals surface area contributed by atoms with Gasteiger partial charge >= 0.3 is 5.97 Å². The Morgan fingerprint density at radius 2 is 2.03 bits per heavy atom.